The van der Waals surface area contributed by atoms with Crippen LogP contribution in [0.3, 0.4) is 0 Å². The Kier molecular flexibility index (Phi) is 6.49. The fraction of sp³-hybridized carbons (Fsp3) is 0.462. The number of hydrogen-bond acceptors (Lipinski definition) is 6. The summed E-state index contributed by atoms with van der Waals surface area (Å²) < 4.78 is 19.5. The Bertz CT molecular complexity index is 1200. The predicted octanol–water partition coefficient (Wildman–Crippen LogP) is 5.12. The minimum atomic E-state index is -0.231. The average Bonchev–Trinajstić information content (AvgIpc) is 3.69. The highest BCUT2D eigenvalue weighted by molar-refractivity contribution is 6.34. The number of aromatic nitrogens is 2. The van der Waals surface area contributed by atoms with Crippen LogP contribution in [-0.4, -0.2) is 55.5 Å². The molecule has 0 bridgehead atoms. The number of rotatable bonds is 7. The molecule has 1 saturated heterocycles. The van der Waals surface area contributed by atoms with Gasteiger partial charge in [-0.25, -0.2) is 14.4 Å². The van der Waals surface area contributed by atoms with E-state index in [0.717, 1.165) is 78.3 Å². The van der Waals surface area contributed by atoms with E-state index in [4.69, 9.17) is 26.3 Å². The maximum Gasteiger partial charge on any atom is 0.140 e. The van der Waals surface area contributed by atoms with Crippen LogP contribution in [0.15, 0.2) is 30.3 Å². The molecule has 1 aliphatic carbocycles. The van der Waals surface area contributed by atoms with Crippen molar-refractivity contribution in [3.8, 4) is 5.75 Å². The van der Waals surface area contributed by atoms with Crippen molar-refractivity contribution in [2.24, 2.45) is 0 Å². The highest BCUT2D eigenvalue weighted by atomic mass is 35.5. The maximum absolute atomic E-state index is 14.0. The van der Waals surface area contributed by atoms with Gasteiger partial charge in [0.1, 0.15) is 23.2 Å². The quantitative estimate of drug-likeness (QED) is 0.502. The molecule has 180 valence electrons. The lowest BCUT2D eigenvalue weighted by Crippen LogP contribution is -2.34. The van der Waals surface area contributed by atoms with Crippen LogP contribution in [0.2, 0.25) is 5.02 Å². The minimum Gasteiger partial charge on any atom is -0.496 e. The second-order valence-electron chi connectivity index (χ2n) is 9.29. The summed E-state index contributed by atoms with van der Waals surface area (Å²) in [6.45, 7) is 2.16. The summed E-state index contributed by atoms with van der Waals surface area (Å²) in [5.41, 5.74) is 2.65. The van der Waals surface area contributed by atoms with E-state index in [0.29, 0.717) is 17.5 Å². The number of piperidine rings is 1. The van der Waals surface area contributed by atoms with Gasteiger partial charge in [0, 0.05) is 43.5 Å². The van der Waals surface area contributed by atoms with E-state index in [1.165, 1.54) is 6.07 Å². The normalized spacial score (nSPS) is 16.8. The lowest BCUT2D eigenvalue weighted by Gasteiger charge is -2.34. The summed E-state index contributed by atoms with van der Waals surface area (Å²) in [4.78, 5) is 14.1. The van der Waals surface area contributed by atoms with Crippen LogP contribution in [0.5, 0.6) is 5.75 Å². The number of ether oxygens (including phenoxy) is 1. The Labute approximate surface area is 204 Å². The van der Waals surface area contributed by atoms with E-state index in [-0.39, 0.29) is 18.3 Å². The number of aliphatic hydroxyl groups is 1. The van der Waals surface area contributed by atoms with Crippen LogP contribution in [0.25, 0.3) is 10.9 Å². The molecule has 8 heteroatoms. The first-order valence-electron chi connectivity index (χ1n) is 11.9. The van der Waals surface area contributed by atoms with Gasteiger partial charge in [-0.2, -0.15) is 0 Å². The molecular weight excluding hydrogens is 455 g/mol. The zero-order valence-electron chi connectivity index (χ0n) is 19.6. The van der Waals surface area contributed by atoms with Gasteiger partial charge in [0.15, 0.2) is 0 Å². The topological polar surface area (TPSA) is 61.7 Å². The van der Waals surface area contributed by atoms with Gasteiger partial charge in [0.05, 0.1) is 29.9 Å². The molecule has 2 heterocycles. The summed E-state index contributed by atoms with van der Waals surface area (Å²) in [6.07, 6.45) is 4.01. The number of hydrogen-bond donors (Lipinski definition) is 1. The molecule has 34 heavy (non-hydrogen) atoms. The lowest BCUT2D eigenvalue weighted by molar-refractivity contribution is 0.304. The van der Waals surface area contributed by atoms with Crippen LogP contribution < -0.4 is 14.5 Å². The van der Waals surface area contributed by atoms with Crippen molar-refractivity contribution in [2.45, 2.75) is 37.5 Å². The third-order valence-corrected chi connectivity index (χ3v) is 7.28. The van der Waals surface area contributed by atoms with Crippen LogP contribution in [0.1, 0.15) is 48.9 Å². The lowest BCUT2D eigenvalue weighted by atomic mass is 9.88. The number of anilines is 2. The Hall–Kier alpha value is -2.64. The molecule has 1 saturated carbocycles. The second-order valence-corrected chi connectivity index (χ2v) is 9.70. The molecular formula is C26H30ClFN4O2. The Morgan fingerprint density at radius 3 is 2.56 bits per heavy atom. The van der Waals surface area contributed by atoms with Crippen LogP contribution in [-0.2, 0) is 0 Å². The van der Waals surface area contributed by atoms with E-state index in [9.17, 15) is 9.50 Å². The first-order valence-corrected chi connectivity index (χ1v) is 12.3. The van der Waals surface area contributed by atoms with E-state index < -0.39 is 0 Å². The Morgan fingerprint density at radius 2 is 1.88 bits per heavy atom. The largest absolute Gasteiger partial charge is 0.496 e. The number of nitrogens with zero attached hydrogens (tertiary/aromatic N) is 4. The van der Waals surface area contributed by atoms with E-state index >= 15 is 0 Å². The van der Waals surface area contributed by atoms with Gasteiger partial charge in [0.2, 0.25) is 0 Å². The Balaban J connectivity index is 1.48. The highest BCUT2D eigenvalue weighted by Gasteiger charge is 2.30. The molecule has 0 atom stereocenters. The molecule has 0 amide bonds. The predicted molar refractivity (Wildman–Crippen MR) is 134 cm³/mol. The molecule has 2 aromatic carbocycles. The van der Waals surface area contributed by atoms with Gasteiger partial charge < -0.3 is 19.6 Å². The fourth-order valence-corrected chi connectivity index (χ4v) is 5.20. The first kappa shape index (κ1) is 23.1. The minimum absolute atomic E-state index is 0.0475. The van der Waals surface area contributed by atoms with Crippen molar-refractivity contribution >= 4 is 34.0 Å². The molecule has 0 radical (unpaired) electrons. The zero-order valence-corrected chi connectivity index (χ0v) is 20.4. The third-order valence-electron chi connectivity index (χ3n) is 6.98. The smallest absolute Gasteiger partial charge is 0.140 e. The molecule has 6 nitrogen and oxygen atoms in total. The van der Waals surface area contributed by atoms with E-state index in [2.05, 4.69) is 4.90 Å². The van der Waals surface area contributed by atoms with Crippen molar-refractivity contribution < 1.29 is 14.2 Å². The number of benzene rings is 2. The van der Waals surface area contributed by atoms with Gasteiger partial charge in [0.25, 0.3) is 0 Å². The Morgan fingerprint density at radius 1 is 1.12 bits per heavy atom. The summed E-state index contributed by atoms with van der Waals surface area (Å²) >= 11 is 6.61. The van der Waals surface area contributed by atoms with Gasteiger partial charge in [-0.15, -0.1) is 0 Å². The zero-order chi connectivity index (χ0) is 23.8. The van der Waals surface area contributed by atoms with Crippen LogP contribution >= 0.6 is 11.6 Å². The van der Waals surface area contributed by atoms with E-state index in [1.54, 1.807) is 19.2 Å². The fourth-order valence-electron chi connectivity index (χ4n) is 4.89. The molecule has 5 rings (SSSR count). The molecule has 2 aliphatic rings. The molecule has 1 aromatic heterocycles. The monoisotopic (exact) mass is 484 g/mol. The summed E-state index contributed by atoms with van der Waals surface area (Å²) in [5.74, 6) is 3.00. The van der Waals surface area contributed by atoms with Crippen LogP contribution in [0, 0.1) is 5.82 Å². The molecule has 0 spiro atoms. The molecule has 2 fully saturated rings. The molecule has 1 aliphatic heterocycles. The summed E-state index contributed by atoms with van der Waals surface area (Å²) in [5, 5.41) is 11.0. The maximum atomic E-state index is 14.0. The number of fused-ring (bicyclic) bond motifs is 1. The average molecular weight is 485 g/mol. The molecule has 1 N–H and O–H groups in total. The molecule has 3 aromatic rings. The van der Waals surface area contributed by atoms with Crippen molar-refractivity contribution in [1.82, 2.24) is 9.97 Å². The highest BCUT2D eigenvalue weighted by Crippen LogP contribution is 2.42. The number of aliphatic hydroxyl groups excluding tert-OH is 1. The standard InChI is InChI=1S/C26H30ClFN4O2/c1-31(11-12-33)23-14-20-22(15-21(23)27)29-25(17-3-4-17)30-26(20)32-9-7-16(8-10-32)19-13-18(28)5-6-24(19)34-2/h5-6,13-17,33H,3-4,7-12H2,1-2H3. The number of methoxy groups -OCH3 is 1. The van der Waals surface area contributed by atoms with Crippen molar-refractivity contribution in [3.63, 3.8) is 0 Å². The van der Waals surface area contributed by atoms with Crippen molar-refractivity contribution in [2.75, 3.05) is 50.2 Å². The van der Waals surface area contributed by atoms with Crippen molar-refractivity contribution in [1.29, 1.82) is 0 Å². The summed E-state index contributed by atoms with van der Waals surface area (Å²) in [6, 6.07) is 8.73. The van der Waals surface area contributed by atoms with Crippen molar-refractivity contribution in [3.05, 3.63) is 52.6 Å². The number of likely N-dealkylation sites (N-methyl/N-ethyl adjacent to an activating group) is 1. The van der Waals surface area contributed by atoms with Gasteiger partial charge in [-0.3, -0.25) is 0 Å². The van der Waals surface area contributed by atoms with Gasteiger partial charge in [-0.1, -0.05) is 11.6 Å². The second kappa shape index (κ2) is 9.55. The van der Waals surface area contributed by atoms with Crippen LogP contribution in [0.4, 0.5) is 15.9 Å². The third kappa shape index (κ3) is 4.51. The summed E-state index contributed by atoms with van der Waals surface area (Å²) in [7, 11) is 3.55. The van der Waals surface area contributed by atoms with E-state index in [1.807, 2.05) is 24.1 Å². The molecule has 0 unspecified atom stereocenters. The number of halogens is 2. The van der Waals surface area contributed by atoms with Gasteiger partial charge in [-0.05, 0) is 61.9 Å². The van der Waals surface area contributed by atoms with Gasteiger partial charge >= 0.3 is 0 Å². The first-order chi connectivity index (χ1) is 16.5. The SMILES string of the molecule is COc1ccc(F)cc1C1CCN(c2nc(C3CC3)nc3cc(Cl)c(N(C)CCO)cc23)CC1.